The standard InChI is InChI=1S/C11H17N3O2/c1-5(2)10-13-6(3)8(7(4)14-10)9(12)11(15)16/h5,9H,12H2,1-4H3,(H,15,16). The molecule has 0 bridgehead atoms. The van der Waals surface area contributed by atoms with Gasteiger partial charge in [-0.1, -0.05) is 13.8 Å². The largest absolute Gasteiger partial charge is 0.480 e. The van der Waals surface area contributed by atoms with Crippen molar-refractivity contribution >= 4 is 5.97 Å². The molecule has 0 aliphatic rings. The highest BCUT2D eigenvalue weighted by Gasteiger charge is 2.21. The number of rotatable bonds is 3. The van der Waals surface area contributed by atoms with E-state index in [1.54, 1.807) is 13.8 Å². The van der Waals surface area contributed by atoms with Gasteiger partial charge in [-0.3, -0.25) is 4.79 Å². The highest BCUT2D eigenvalue weighted by Crippen LogP contribution is 2.20. The van der Waals surface area contributed by atoms with Gasteiger partial charge in [0, 0.05) is 22.9 Å². The zero-order valence-electron chi connectivity index (χ0n) is 9.98. The molecule has 0 aliphatic heterocycles. The second-order valence-electron chi connectivity index (χ2n) is 4.14. The number of carboxylic acids is 1. The number of aryl methyl sites for hydroxylation is 2. The highest BCUT2D eigenvalue weighted by molar-refractivity contribution is 5.75. The van der Waals surface area contributed by atoms with Crippen LogP contribution in [0.3, 0.4) is 0 Å². The van der Waals surface area contributed by atoms with Crippen LogP contribution in [-0.2, 0) is 4.79 Å². The van der Waals surface area contributed by atoms with Gasteiger partial charge in [0.1, 0.15) is 11.9 Å². The number of aliphatic carboxylic acids is 1. The minimum absolute atomic E-state index is 0.215. The van der Waals surface area contributed by atoms with Gasteiger partial charge in [0.15, 0.2) is 0 Å². The zero-order valence-corrected chi connectivity index (χ0v) is 9.98. The molecule has 1 aromatic heterocycles. The lowest BCUT2D eigenvalue weighted by molar-refractivity contribution is -0.138. The van der Waals surface area contributed by atoms with Crippen molar-refractivity contribution in [3.63, 3.8) is 0 Å². The molecule has 5 heteroatoms. The van der Waals surface area contributed by atoms with E-state index in [0.29, 0.717) is 17.0 Å². The molecule has 1 unspecified atom stereocenters. The monoisotopic (exact) mass is 223 g/mol. The number of carbonyl (C=O) groups is 1. The topological polar surface area (TPSA) is 89.1 Å². The third-order valence-corrected chi connectivity index (χ3v) is 2.44. The van der Waals surface area contributed by atoms with Gasteiger partial charge in [-0.05, 0) is 13.8 Å². The lowest BCUT2D eigenvalue weighted by atomic mass is 10.0. The Hall–Kier alpha value is -1.49. The summed E-state index contributed by atoms with van der Waals surface area (Å²) in [6.07, 6.45) is 0. The number of carboxylic acid groups (broad SMARTS) is 1. The zero-order chi connectivity index (χ0) is 12.5. The minimum Gasteiger partial charge on any atom is -0.480 e. The molecule has 5 nitrogen and oxygen atoms in total. The first-order valence-electron chi connectivity index (χ1n) is 5.18. The third kappa shape index (κ3) is 2.36. The summed E-state index contributed by atoms with van der Waals surface area (Å²) < 4.78 is 0. The van der Waals surface area contributed by atoms with E-state index >= 15 is 0 Å². The first-order valence-corrected chi connectivity index (χ1v) is 5.18. The van der Waals surface area contributed by atoms with Crippen molar-refractivity contribution in [3.8, 4) is 0 Å². The molecule has 0 saturated carbocycles. The van der Waals surface area contributed by atoms with Crippen molar-refractivity contribution in [2.75, 3.05) is 0 Å². The summed E-state index contributed by atoms with van der Waals surface area (Å²) in [5.41, 5.74) is 7.39. The molecule has 0 aliphatic carbocycles. The molecule has 88 valence electrons. The van der Waals surface area contributed by atoms with Crippen LogP contribution in [0.2, 0.25) is 0 Å². The lowest BCUT2D eigenvalue weighted by Crippen LogP contribution is -2.24. The molecule has 0 saturated heterocycles. The van der Waals surface area contributed by atoms with Gasteiger partial charge in [0.05, 0.1) is 0 Å². The Morgan fingerprint density at radius 1 is 1.25 bits per heavy atom. The fourth-order valence-corrected chi connectivity index (χ4v) is 1.58. The molecule has 1 atom stereocenters. The molecule has 0 radical (unpaired) electrons. The fourth-order valence-electron chi connectivity index (χ4n) is 1.58. The molecule has 3 N–H and O–H groups in total. The maximum absolute atomic E-state index is 10.8. The minimum atomic E-state index is -1.06. The van der Waals surface area contributed by atoms with Gasteiger partial charge in [-0.2, -0.15) is 0 Å². The smallest absolute Gasteiger partial charge is 0.325 e. The summed E-state index contributed by atoms with van der Waals surface area (Å²) in [6, 6.07) is -1.05. The number of hydrogen-bond acceptors (Lipinski definition) is 4. The van der Waals surface area contributed by atoms with E-state index in [0.717, 1.165) is 5.82 Å². The summed E-state index contributed by atoms with van der Waals surface area (Å²) in [5.74, 6) is -0.129. The maximum Gasteiger partial charge on any atom is 0.325 e. The molecule has 0 fully saturated rings. The summed E-state index contributed by atoms with van der Waals surface area (Å²) in [5, 5.41) is 8.88. The van der Waals surface area contributed by atoms with Crippen LogP contribution in [0.5, 0.6) is 0 Å². The second-order valence-corrected chi connectivity index (χ2v) is 4.14. The Kier molecular flexibility index (Phi) is 3.59. The predicted molar refractivity (Wildman–Crippen MR) is 60.2 cm³/mol. The van der Waals surface area contributed by atoms with Crippen molar-refractivity contribution < 1.29 is 9.90 Å². The van der Waals surface area contributed by atoms with Crippen LogP contribution < -0.4 is 5.73 Å². The van der Waals surface area contributed by atoms with Gasteiger partial charge < -0.3 is 10.8 Å². The van der Waals surface area contributed by atoms with Gasteiger partial charge in [0.2, 0.25) is 0 Å². The van der Waals surface area contributed by atoms with E-state index in [4.69, 9.17) is 10.8 Å². The van der Waals surface area contributed by atoms with Crippen LogP contribution in [0.15, 0.2) is 0 Å². The number of hydrogen-bond donors (Lipinski definition) is 2. The first-order chi connectivity index (χ1) is 7.34. The maximum atomic E-state index is 10.8. The van der Waals surface area contributed by atoms with E-state index in [2.05, 4.69) is 9.97 Å². The molecule has 0 aromatic carbocycles. The van der Waals surface area contributed by atoms with Crippen LogP contribution in [-0.4, -0.2) is 21.0 Å². The Labute approximate surface area is 94.7 Å². The average Bonchev–Trinajstić information content (AvgIpc) is 2.15. The van der Waals surface area contributed by atoms with Gasteiger partial charge >= 0.3 is 5.97 Å². The summed E-state index contributed by atoms with van der Waals surface area (Å²) >= 11 is 0. The van der Waals surface area contributed by atoms with Crippen LogP contribution in [0, 0.1) is 13.8 Å². The number of nitrogens with two attached hydrogens (primary N) is 1. The van der Waals surface area contributed by atoms with Crippen LogP contribution in [0.4, 0.5) is 0 Å². The molecule has 0 spiro atoms. The molecule has 1 heterocycles. The molecule has 16 heavy (non-hydrogen) atoms. The molecule has 1 aromatic rings. The summed E-state index contributed by atoms with van der Waals surface area (Å²) in [6.45, 7) is 7.51. The molecular weight excluding hydrogens is 206 g/mol. The van der Waals surface area contributed by atoms with Crippen molar-refractivity contribution in [1.82, 2.24) is 9.97 Å². The highest BCUT2D eigenvalue weighted by atomic mass is 16.4. The first kappa shape index (κ1) is 12.6. The Bertz CT molecular complexity index is 393. The molecule has 1 rings (SSSR count). The normalized spacial score (nSPS) is 12.9. The van der Waals surface area contributed by atoms with E-state index in [1.807, 2.05) is 13.8 Å². The number of nitrogens with zero attached hydrogens (tertiary/aromatic N) is 2. The Balaban J connectivity index is 3.28. The number of aromatic nitrogens is 2. The predicted octanol–water partition coefficient (Wildman–Crippen LogP) is 1.30. The quantitative estimate of drug-likeness (QED) is 0.806. The van der Waals surface area contributed by atoms with Gasteiger partial charge in [0.25, 0.3) is 0 Å². The van der Waals surface area contributed by atoms with Gasteiger partial charge in [-0.15, -0.1) is 0 Å². The average molecular weight is 223 g/mol. The van der Waals surface area contributed by atoms with Crippen molar-refractivity contribution in [3.05, 3.63) is 22.8 Å². The van der Waals surface area contributed by atoms with Crippen molar-refractivity contribution in [2.45, 2.75) is 39.7 Å². The van der Waals surface area contributed by atoms with Crippen LogP contribution in [0.25, 0.3) is 0 Å². The Morgan fingerprint density at radius 3 is 2.00 bits per heavy atom. The second kappa shape index (κ2) is 4.57. The molecule has 0 amide bonds. The van der Waals surface area contributed by atoms with Gasteiger partial charge in [-0.25, -0.2) is 9.97 Å². The summed E-state index contributed by atoms with van der Waals surface area (Å²) in [4.78, 5) is 19.4. The van der Waals surface area contributed by atoms with Crippen molar-refractivity contribution in [1.29, 1.82) is 0 Å². The van der Waals surface area contributed by atoms with E-state index in [9.17, 15) is 4.79 Å². The Morgan fingerprint density at radius 2 is 1.69 bits per heavy atom. The lowest BCUT2D eigenvalue weighted by Gasteiger charge is -2.15. The van der Waals surface area contributed by atoms with Crippen LogP contribution >= 0.6 is 0 Å². The van der Waals surface area contributed by atoms with E-state index in [-0.39, 0.29) is 5.92 Å². The van der Waals surface area contributed by atoms with Crippen molar-refractivity contribution in [2.24, 2.45) is 5.73 Å². The summed E-state index contributed by atoms with van der Waals surface area (Å²) in [7, 11) is 0. The molecular formula is C11H17N3O2. The van der Waals surface area contributed by atoms with E-state index < -0.39 is 12.0 Å². The fraction of sp³-hybridized carbons (Fsp3) is 0.545. The van der Waals surface area contributed by atoms with Crippen LogP contribution in [0.1, 0.15) is 48.6 Å². The third-order valence-electron chi connectivity index (χ3n) is 2.44. The van der Waals surface area contributed by atoms with E-state index in [1.165, 1.54) is 0 Å². The SMILES string of the molecule is Cc1nc(C(C)C)nc(C)c1C(N)C(=O)O.